The Kier molecular flexibility index (Phi) is 7.43. The highest BCUT2D eigenvalue weighted by Crippen LogP contribution is 2.30. The van der Waals surface area contributed by atoms with Crippen LogP contribution >= 0.6 is 0 Å². The van der Waals surface area contributed by atoms with Crippen molar-refractivity contribution in [3.63, 3.8) is 0 Å². The van der Waals surface area contributed by atoms with E-state index < -0.39 is 6.36 Å². The van der Waals surface area contributed by atoms with E-state index >= 15 is 0 Å². The maximum Gasteiger partial charge on any atom is 0.573 e. The Balaban J connectivity index is 1.98. The molecule has 1 atom stereocenters. The molecule has 0 fully saturated rings. The van der Waals surface area contributed by atoms with E-state index in [0.717, 1.165) is 11.3 Å². The first-order chi connectivity index (χ1) is 15.5. The number of alkyl halides is 3. The standard InChI is InChI=1S/C24H27F3N4O2/c1-14(2)20-9-8-18(10-15(20)3)29-22-12-21(30-23(31-22)28-16(4)13-32)17-6-5-7-19(11-17)33-24(25,26)27/h5-12,14,16,32H,13H2,1-4H3,(H2,28,29,30,31)/t16-/m0/s1. The summed E-state index contributed by atoms with van der Waals surface area (Å²) in [6, 6.07) is 12.9. The summed E-state index contributed by atoms with van der Waals surface area (Å²) in [5, 5.41) is 15.6. The molecule has 9 heteroatoms. The van der Waals surface area contributed by atoms with E-state index in [-0.39, 0.29) is 24.3 Å². The van der Waals surface area contributed by atoms with Crippen LogP contribution in [0, 0.1) is 6.92 Å². The van der Waals surface area contributed by atoms with Crippen LogP contribution in [-0.2, 0) is 0 Å². The topological polar surface area (TPSA) is 79.3 Å². The molecule has 33 heavy (non-hydrogen) atoms. The van der Waals surface area contributed by atoms with Gasteiger partial charge in [0.2, 0.25) is 5.95 Å². The van der Waals surface area contributed by atoms with Crippen LogP contribution < -0.4 is 15.4 Å². The van der Waals surface area contributed by atoms with Gasteiger partial charge in [-0.15, -0.1) is 13.2 Å². The predicted octanol–water partition coefficient (Wildman–Crippen LogP) is 6.01. The van der Waals surface area contributed by atoms with Gasteiger partial charge in [0.15, 0.2) is 0 Å². The van der Waals surface area contributed by atoms with Crippen LogP contribution in [0.1, 0.15) is 37.8 Å². The lowest BCUT2D eigenvalue weighted by molar-refractivity contribution is -0.274. The SMILES string of the molecule is Cc1cc(Nc2cc(-c3cccc(OC(F)(F)F)c3)nc(N[C@@H](C)CO)n2)ccc1C(C)C. The fourth-order valence-electron chi connectivity index (χ4n) is 3.39. The molecule has 2 aromatic carbocycles. The zero-order chi connectivity index (χ0) is 24.2. The number of aryl methyl sites for hydroxylation is 1. The Hall–Kier alpha value is -3.33. The zero-order valence-electron chi connectivity index (χ0n) is 18.9. The molecule has 3 N–H and O–H groups in total. The number of nitrogens with one attached hydrogen (secondary N) is 2. The van der Waals surface area contributed by atoms with Crippen LogP contribution in [0.15, 0.2) is 48.5 Å². The molecular formula is C24H27F3N4O2. The molecule has 0 saturated heterocycles. The summed E-state index contributed by atoms with van der Waals surface area (Å²) in [7, 11) is 0. The van der Waals surface area contributed by atoms with Crippen molar-refractivity contribution in [2.24, 2.45) is 0 Å². The van der Waals surface area contributed by atoms with Crippen molar-refractivity contribution in [2.45, 2.75) is 46.0 Å². The maximum absolute atomic E-state index is 12.6. The lowest BCUT2D eigenvalue weighted by Gasteiger charge is -2.16. The van der Waals surface area contributed by atoms with E-state index in [1.54, 1.807) is 19.1 Å². The average Bonchev–Trinajstić information content (AvgIpc) is 2.72. The highest BCUT2D eigenvalue weighted by Gasteiger charge is 2.31. The number of hydrogen-bond donors (Lipinski definition) is 3. The van der Waals surface area contributed by atoms with Crippen molar-refractivity contribution in [1.82, 2.24) is 9.97 Å². The summed E-state index contributed by atoms with van der Waals surface area (Å²) in [5.74, 6) is 0.735. The predicted molar refractivity (Wildman–Crippen MR) is 123 cm³/mol. The number of aliphatic hydroxyl groups excluding tert-OH is 1. The summed E-state index contributed by atoms with van der Waals surface area (Å²) in [6.07, 6.45) is -4.79. The number of anilines is 3. The van der Waals surface area contributed by atoms with Crippen LogP contribution in [0.3, 0.4) is 0 Å². The summed E-state index contributed by atoms with van der Waals surface area (Å²) < 4.78 is 42.0. The number of halogens is 3. The Labute approximate surface area is 190 Å². The lowest BCUT2D eigenvalue weighted by atomic mass is 9.98. The van der Waals surface area contributed by atoms with Gasteiger partial charge < -0.3 is 20.5 Å². The van der Waals surface area contributed by atoms with Gasteiger partial charge in [-0.2, -0.15) is 4.98 Å². The van der Waals surface area contributed by atoms with Crippen molar-refractivity contribution in [3.05, 3.63) is 59.7 Å². The van der Waals surface area contributed by atoms with Gasteiger partial charge in [0.05, 0.1) is 12.3 Å². The Morgan fingerprint density at radius 2 is 1.79 bits per heavy atom. The second-order valence-electron chi connectivity index (χ2n) is 8.12. The minimum absolute atomic E-state index is 0.138. The van der Waals surface area contributed by atoms with Crippen molar-refractivity contribution < 1.29 is 23.0 Å². The third-order valence-electron chi connectivity index (χ3n) is 4.90. The molecule has 0 aliphatic heterocycles. The average molecular weight is 461 g/mol. The van der Waals surface area contributed by atoms with Gasteiger partial charge in [-0.3, -0.25) is 0 Å². The number of hydrogen-bond acceptors (Lipinski definition) is 6. The first kappa shape index (κ1) is 24.3. The fourth-order valence-corrected chi connectivity index (χ4v) is 3.39. The van der Waals surface area contributed by atoms with Crippen molar-refractivity contribution in [2.75, 3.05) is 17.2 Å². The number of ether oxygens (including phenoxy) is 1. The Morgan fingerprint density at radius 3 is 2.42 bits per heavy atom. The highest BCUT2D eigenvalue weighted by molar-refractivity contribution is 5.69. The van der Waals surface area contributed by atoms with Crippen LogP contribution in [0.5, 0.6) is 5.75 Å². The summed E-state index contributed by atoms with van der Waals surface area (Å²) in [5.41, 5.74) is 4.01. The molecular weight excluding hydrogens is 433 g/mol. The summed E-state index contributed by atoms with van der Waals surface area (Å²) >= 11 is 0. The van der Waals surface area contributed by atoms with Gasteiger partial charge in [0.25, 0.3) is 0 Å². The summed E-state index contributed by atoms with van der Waals surface area (Å²) in [4.78, 5) is 8.87. The van der Waals surface area contributed by atoms with Crippen LogP contribution in [-0.4, -0.2) is 34.1 Å². The number of aromatic nitrogens is 2. The monoisotopic (exact) mass is 460 g/mol. The van der Waals surface area contributed by atoms with E-state index in [2.05, 4.69) is 45.3 Å². The van der Waals surface area contributed by atoms with Gasteiger partial charge >= 0.3 is 6.36 Å². The van der Waals surface area contributed by atoms with Crippen molar-refractivity contribution in [3.8, 4) is 17.0 Å². The normalized spacial score (nSPS) is 12.5. The molecule has 0 bridgehead atoms. The molecule has 3 rings (SSSR count). The molecule has 0 saturated carbocycles. The molecule has 3 aromatic rings. The van der Waals surface area contributed by atoms with Crippen LogP contribution in [0.25, 0.3) is 11.3 Å². The molecule has 0 unspecified atom stereocenters. The summed E-state index contributed by atoms with van der Waals surface area (Å²) in [6.45, 7) is 7.91. The second kappa shape index (κ2) is 10.1. The Morgan fingerprint density at radius 1 is 1.03 bits per heavy atom. The highest BCUT2D eigenvalue weighted by atomic mass is 19.4. The molecule has 0 aliphatic carbocycles. The first-order valence-electron chi connectivity index (χ1n) is 10.5. The number of aliphatic hydroxyl groups is 1. The third kappa shape index (κ3) is 6.82. The lowest BCUT2D eigenvalue weighted by Crippen LogP contribution is -2.21. The maximum atomic E-state index is 12.6. The molecule has 1 heterocycles. The molecule has 176 valence electrons. The molecule has 0 aliphatic rings. The van der Waals surface area contributed by atoms with Gasteiger partial charge in [0, 0.05) is 23.4 Å². The fraction of sp³-hybridized carbons (Fsp3) is 0.333. The zero-order valence-corrected chi connectivity index (χ0v) is 18.9. The van der Waals surface area contributed by atoms with Gasteiger partial charge in [-0.1, -0.05) is 32.0 Å². The Bertz CT molecular complexity index is 1100. The van der Waals surface area contributed by atoms with Crippen molar-refractivity contribution in [1.29, 1.82) is 0 Å². The van der Waals surface area contributed by atoms with E-state index in [4.69, 9.17) is 0 Å². The minimum Gasteiger partial charge on any atom is -0.406 e. The molecule has 1 aromatic heterocycles. The molecule has 0 amide bonds. The molecule has 6 nitrogen and oxygen atoms in total. The first-order valence-corrected chi connectivity index (χ1v) is 10.5. The van der Waals surface area contributed by atoms with E-state index in [1.807, 2.05) is 19.1 Å². The molecule has 0 radical (unpaired) electrons. The second-order valence-corrected chi connectivity index (χ2v) is 8.12. The van der Waals surface area contributed by atoms with Gasteiger partial charge in [-0.25, -0.2) is 4.98 Å². The third-order valence-corrected chi connectivity index (χ3v) is 4.90. The van der Waals surface area contributed by atoms with E-state index in [9.17, 15) is 18.3 Å². The largest absolute Gasteiger partial charge is 0.573 e. The van der Waals surface area contributed by atoms with Gasteiger partial charge in [0.1, 0.15) is 11.6 Å². The molecule has 0 spiro atoms. The van der Waals surface area contributed by atoms with Crippen LogP contribution in [0.4, 0.5) is 30.6 Å². The quantitative estimate of drug-likeness (QED) is 0.382. The van der Waals surface area contributed by atoms with Crippen LogP contribution in [0.2, 0.25) is 0 Å². The number of benzene rings is 2. The van der Waals surface area contributed by atoms with Crippen molar-refractivity contribution >= 4 is 17.5 Å². The van der Waals surface area contributed by atoms with E-state index in [1.165, 1.54) is 23.8 Å². The number of nitrogens with zero attached hydrogens (tertiary/aromatic N) is 2. The number of rotatable bonds is 8. The van der Waals surface area contributed by atoms with E-state index in [0.29, 0.717) is 23.0 Å². The van der Waals surface area contributed by atoms with Gasteiger partial charge in [-0.05, 0) is 55.2 Å². The minimum atomic E-state index is -4.79. The smallest absolute Gasteiger partial charge is 0.406 e.